The molecular formula is C23H19ClFN5O4. The maximum atomic E-state index is 14.0. The largest absolute Gasteiger partial charge is 0.459 e. The molecule has 4 aromatic rings. The van der Waals surface area contributed by atoms with Crippen LogP contribution in [0.15, 0.2) is 48.9 Å². The van der Waals surface area contributed by atoms with Gasteiger partial charge in [0.25, 0.3) is 0 Å². The number of anilines is 2. The molecule has 11 heteroatoms. The first-order chi connectivity index (χ1) is 16.2. The van der Waals surface area contributed by atoms with Crippen molar-refractivity contribution < 1.29 is 18.8 Å². The van der Waals surface area contributed by atoms with Crippen molar-refractivity contribution in [1.82, 2.24) is 14.5 Å². The molecule has 0 unspecified atom stereocenters. The lowest BCUT2D eigenvalue weighted by molar-refractivity contribution is -0.387. The van der Waals surface area contributed by atoms with Crippen LogP contribution in [-0.2, 0) is 11.8 Å². The molecule has 2 heterocycles. The summed E-state index contributed by atoms with van der Waals surface area (Å²) in [5, 5.41) is 15.0. The van der Waals surface area contributed by atoms with Gasteiger partial charge in [-0.2, -0.15) is 4.39 Å². The van der Waals surface area contributed by atoms with E-state index in [0.717, 1.165) is 23.0 Å². The van der Waals surface area contributed by atoms with Crippen molar-refractivity contribution in [3.63, 3.8) is 0 Å². The van der Waals surface area contributed by atoms with Gasteiger partial charge in [-0.15, -0.1) is 0 Å². The van der Waals surface area contributed by atoms with E-state index in [4.69, 9.17) is 16.3 Å². The summed E-state index contributed by atoms with van der Waals surface area (Å²) >= 11 is 6.21. The quantitative estimate of drug-likeness (QED) is 0.214. The van der Waals surface area contributed by atoms with Crippen LogP contribution in [0.3, 0.4) is 0 Å². The average molecular weight is 484 g/mol. The Morgan fingerprint density at radius 3 is 2.74 bits per heavy atom. The minimum Gasteiger partial charge on any atom is -0.459 e. The highest BCUT2D eigenvalue weighted by atomic mass is 35.5. The van der Waals surface area contributed by atoms with Crippen LogP contribution in [0.5, 0.6) is 0 Å². The summed E-state index contributed by atoms with van der Waals surface area (Å²) in [5.74, 6) is -1.21. The van der Waals surface area contributed by atoms with Crippen LogP contribution in [0.25, 0.3) is 22.2 Å². The SMILES string of the molecule is CC(C)OC(=O)c1cncnc1-c1c(Nc2cc([N+](=O)[O-])c(F)cc2Cl)n(C)c2ccccc12. The Hall–Kier alpha value is -4.05. The fraction of sp³-hybridized carbons (Fsp3) is 0.174. The molecule has 174 valence electrons. The number of hydrogen-bond donors (Lipinski definition) is 1. The number of hydrogen-bond acceptors (Lipinski definition) is 7. The monoisotopic (exact) mass is 483 g/mol. The van der Waals surface area contributed by atoms with E-state index in [9.17, 15) is 19.3 Å². The number of esters is 1. The summed E-state index contributed by atoms with van der Waals surface area (Å²) in [6.07, 6.45) is 2.32. The third kappa shape index (κ3) is 4.15. The zero-order valence-electron chi connectivity index (χ0n) is 18.4. The second kappa shape index (κ2) is 9.06. The molecule has 34 heavy (non-hydrogen) atoms. The molecule has 0 aliphatic heterocycles. The normalized spacial score (nSPS) is 11.1. The van der Waals surface area contributed by atoms with E-state index in [0.29, 0.717) is 17.1 Å². The Balaban J connectivity index is 1.96. The third-order valence-corrected chi connectivity index (χ3v) is 5.42. The molecule has 0 bridgehead atoms. The molecule has 1 N–H and O–H groups in total. The Kier molecular flexibility index (Phi) is 6.16. The number of nitro groups is 1. The number of benzene rings is 2. The van der Waals surface area contributed by atoms with Crippen LogP contribution < -0.4 is 5.32 Å². The highest BCUT2D eigenvalue weighted by Crippen LogP contribution is 2.41. The van der Waals surface area contributed by atoms with Crippen LogP contribution in [0, 0.1) is 15.9 Å². The van der Waals surface area contributed by atoms with Gasteiger partial charge in [0.1, 0.15) is 17.7 Å². The number of halogens is 2. The topological polar surface area (TPSA) is 112 Å². The van der Waals surface area contributed by atoms with Crippen LogP contribution in [0.1, 0.15) is 24.2 Å². The zero-order chi connectivity index (χ0) is 24.6. The Morgan fingerprint density at radius 1 is 1.29 bits per heavy atom. The molecule has 0 fully saturated rings. The fourth-order valence-corrected chi connectivity index (χ4v) is 3.83. The summed E-state index contributed by atoms with van der Waals surface area (Å²) < 4.78 is 21.2. The molecule has 0 atom stereocenters. The first kappa shape index (κ1) is 23.1. The third-order valence-electron chi connectivity index (χ3n) is 5.10. The van der Waals surface area contributed by atoms with E-state index in [2.05, 4.69) is 15.3 Å². The number of carbonyl (C=O) groups excluding carboxylic acids is 1. The standard InChI is InChI=1S/C23H19ClFN5O4/c1-12(2)34-23(31)14-10-26-11-27-21(14)20-13-6-4-5-7-18(13)29(3)22(20)28-17-9-19(30(32)33)16(25)8-15(17)24/h4-12,28H,1-3H3. The molecule has 0 aliphatic carbocycles. The second-order valence-corrected chi connectivity index (χ2v) is 8.11. The highest BCUT2D eigenvalue weighted by molar-refractivity contribution is 6.33. The minimum absolute atomic E-state index is 0.0542. The molecule has 0 radical (unpaired) electrons. The van der Waals surface area contributed by atoms with Crippen LogP contribution in [0.2, 0.25) is 5.02 Å². The van der Waals surface area contributed by atoms with Crippen molar-refractivity contribution in [3.8, 4) is 11.3 Å². The highest BCUT2D eigenvalue weighted by Gasteiger charge is 2.26. The van der Waals surface area contributed by atoms with Crippen LogP contribution in [0.4, 0.5) is 21.6 Å². The minimum atomic E-state index is -1.05. The first-order valence-electron chi connectivity index (χ1n) is 10.2. The van der Waals surface area contributed by atoms with Crippen molar-refractivity contribution in [2.75, 3.05) is 5.32 Å². The number of nitrogens with zero attached hydrogens (tertiary/aromatic N) is 4. The predicted molar refractivity (Wildman–Crippen MR) is 126 cm³/mol. The van der Waals surface area contributed by atoms with Gasteiger partial charge < -0.3 is 14.6 Å². The van der Waals surface area contributed by atoms with E-state index < -0.39 is 22.4 Å². The molecule has 0 saturated heterocycles. The Morgan fingerprint density at radius 2 is 2.03 bits per heavy atom. The molecule has 0 spiro atoms. The Bertz CT molecular complexity index is 1440. The number of ether oxygens (including phenoxy) is 1. The lowest BCUT2D eigenvalue weighted by Gasteiger charge is -2.14. The summed E-state index contributed by atoms with van der Waals surface area (Å²) in [6, 6.07) is 9.29. The molecule has 0 amide bonds. The zero-order valence-corrected chi connectivity index (χ0v) is 19.1. The van der Waals surface area contributed by atoms with E-state index in [-0.39, 0.29) is 22.4 Å². The van der Waals surface area contributed by atoms with Gasteiger partial charge in [-0.3, -0.25) is 10.1 Å². The van der Waals surface area contributed by atoms with E-state index in [1.165, 1.54) is 12.5 Å². The summed E-state index contributed by atoms with van der Waals surface area (Å²) in [6.45, 7) is 3.46. The van der Waals surface area contributed by atoms with Gasteiger partial charge in [-0.1, -0.05) is 29.8 Å². The molecule has 0 aliphatic rings. The fourth-order valence-electron chi connectivity index (χ4n) is 3.64. The molecule has 2 aromatic carbocycles. The van der Waals surface area contributed by atoms with Gasteiger partial charge in [0.2, 0.25) is 5.82 Å². The van der Waals surface area contributed by atoms with Crippen molar-refractivity contribution in [1.29, 1.82) is 0 Å². The molecule has 4 rings (SSSR count). The number of aryl methyl sites for hydroxylation is 1. The van der Waals surface area contributed by atoms with Gasteiger partial charge in [0.15, 0.2) is 0 Å². The molecule has 9 nitrogen and oxygen atoms in total. The molecule has 0 saturated carbocycles. The number of nitrogens with one attached hydrogen (secondary N) is 1. The van der Waals surface area contributed by atoms with Crippen LogP contribution >= 0.6 is 11.6 Å². The first-order valence-corrected chi connectivity index (χ1v) is 10.6. The van der Waals surface area contributed by atoms with Gasteiger partial charge in [-0.05, 0) is 19.9 Å². The number of rotatable bonds is 6. The number of nitro benzene ring substituents is 1. The maximum Gasteiger partial charge on any atom is 0.342 e. The Labute approximate surface area is 198 Å². The van der Waals surface area contributed by atoms with Gasteiger partial charge >= 0.3 is 11.7 Å². The number of carbonyl (C=O) groups is 1. The number of aromatic nitrogens is 3. The second-order valence-electron chi connectivity index (χ2n) is 7.70. The lowest BCUT2D eigenvalue weighted by Crippen LogP contribution is -2.14. The van der Waals surface area contributed by atoms with E-state index >= 15 is 0 Å². The van der Waals surface area contributed by atoms with E-state index in [1.54, 1.807) is 25.5 Å². The van der Waals surface area contributed by atoms with Crippen molar-refractivity contribution in [2.24, 2.45) is 7.05 Å². The summed E-state index contributed by atoms with van der Waals surface area (Å²) in [7, 11) is 1.77. The van der Waals surface area contributed by atoms with Crippen LogP contribution in [-0.4, -0.2) is 31.5 Å². The lowest BCUT2D eigenvalue weighted by atomic mass is 10.0. The predicted octanol–water partition coefficient (Wildman–Crippen LogP) is 5.64. The molecular weight excluding hydrogens is 465 g/mol. The number of para-hydroxylation sites is 1. The summed E-state index contributed by atoms with van der Waals surface area (Å²) in [4.78, 5) is 31.6. The van der Waals surface area contributed by atoms with Crippen molar-refractivity contribution in [2.45, 2.75) is 20.0 Å². The van der Waals surface area contributed by atoms with E-state index in [1.807, 2.05) is 24.3 Å². The average Bonchev–Trinajstić information content (AvgIpc) is 3.06. The van der Waals surface area contributed by atoms with Gasteiger partial charge in [0, 0.05) is 30.8 Å². The summed E-state index contributed by atoms with van der Waals surface area (Å²) in [5.41, 5.74) is 1.14. The number of fused-ring (bicyclic) bond motifs is 1. The smallest absolute Gasteiger partial charge is 0.342 e. The van der Waals surface area contributed by atoms with Crippen molar-refractivity contribution in [3.05, 3.63) is 75.4 Å². The van der Waals surface area contributed by atoms with Gasteiger partial charge in [0.05, 0.1) is 38.5 Å². The van der Waals surface area contributed by atoms with Crippen molar-refractivity contribution >= 4 is 45.7 Å². The molecule has 2 aromatic heterocycles. The maximum absolute atomic E-state index is 14.0. The van der Waals surface area contributed by atoms with Gasteiger partial charge in [-0.25, -0.2) is 14.8 Å².